The third kappa shape index (κ3) is 3.50. The zero-order valence-electron chi connectivity index (χ0n) is 13.2. The summed E-state index contributed by atoms with van der Waals surface area (Å²) >= 11 is 7.52. The molecule has 126 valence electrons. The number of rotatable bonds is 5. The van der Waals surface area contributed by atoms with E-state index in [1.807, 2.05) is 18.4 Å². The second-order valence-corrected chi connectivity index (χ2v) is 6.13. The first kappa shape index (κ1) is 17.0. The molecule has 1 N–H and O–H groups in total. The predicted octanol–water partition coefficient (Wildman–Crippen LogP) is 3.99. The van der Waals surface area contributed by atoms with Crippen LogP contribution in [0.15, 0.2) is 41.4 Å². The van der Waals surface area contributed by atoms with E-state index in [-0.39, 0.29) is 10.7 Å². The minimum atomic E-state index is -0.545. The van der Waals surface area contributed by atoms with E-state index < -0.39 is 5.91 Å². The number of nitriles is 1. The number of hydrogen-bond donors (Lipinski definition) is 1. The van der Waals surface area contributed by atoms with Gasteiger partial charge in [-0.05, 0) is 25.1 Å². The third-order valence-electron chi connectivity index (χ3n) is 3.34. The average Bonchev–Trinajstić information content (AvgIpc) is 3.16. The Labute approximate surface area is 152 Å². The second-order valence-electron chi connectivity index (χ2n) is 4.90. The highest BCUT2D eigenvalue weighted by atomic mass is 35.5. The first-order chi connectivity index (χ1) is 12.1. The molecule has 0 spiro atoms. The first-order valence-electron chi connectivity index (χ1n) is 7.40. The Morgan fingerprint density at radius 3 is 3.08 bits per heavy atom. The number of thiazole rings is 1. The van der Waals surface area contributed by atoms with Gasteiger partial charge in [-0.15, -0.1) is 11.3 Å². The molecule has 0 saturated heterocycles. The number of anilines is 1. The summed E-state index contributed by atoms with van der Waals surface area (Å²) in [4.78, 5) is 17.4. The standard InChI is InChI=1S/C17H13ClN4O2S/c1-2-24-14-6-4-3-5-12(14)20-16(23)11(10-19)9-13-15(18)21-17-22(13)7-8-25-17/h3-9H,2H2,1H3,(H,20,23)/b11-9+. The summed E-state index contributed by atoms with van der Waals surface area (Å²) in [7, 11) is 0. The number of imidazole rings is 1. The number of amides is 1. The lowest BCUT2D eigenvalue weighted by atomic mass is 10.2. The number of benzene rings is 1. The van der Waals surface area contributed by atoms with Gasteiger partial charge in [0.1, 0.15) is 17.4 Å². The minimum absolute atomic E-state index is 0.0822. The molecule has 25 heavy (non-hydrogen) atoms. The number of hydrogen-bond acceptors (Lipinski definition) is 5. The van der Waals surface area contributed by atoms with E-state index in [2.05, 4.69) is 10.3 Å². The van der Waals surface area contributed by atoms with Crippen molar-refractivity contribution in [3.05, 3.63) is 52.3 Å². The molecule has 0 saturated carbocycles. The van der Waals surface area contributed by atoms with Crippen molar-refractivity contribution in [1.82, 2.24) is 9.38 Å². The van der Waals surface area contributed by atoms with Crippen molar-refractivity contribution in [2.45, 2.75) is 6.92 Å². The van der Waals surface area contributed by atoms with Crippen molar-refractivity contribution < 1.29 is 9.53 Å². The highest BCUT2D eigenvalue weighted by Gasteiger charge is 2.16. The molecule has 0 fully saturated rings. The Morgan fingerprint density at radius 1 is 1.52 bits per heavy atom. The molecule has 0 unspecified atom stereocenters. The van der Waals surface area contributed by atoms with Gasteiger partial charge in [-0.25, -0.2) is 4.98 Å². The van der Waals surface area contributed by atoms with Crippen LogP contribution in [0, 0.1) is 11.3 Å². The summed E-state index contributed by atoms with van der Waals surface area (Å²) in [5, 5.41) is 14.2. The van der Waals surface area contributed by atoms with Crippen LogP contribution in [0.25, 0.3) is 11.0 Å². The van der Waals surface area contributed by atoms with E-state index in [0.29, 0.717) is 28.7 Å². The lowest BCUT2D eigenvalue weighted by Gasteiger charge is -2.10. The molecule has 3 rings (SSSR count). The molecule has 0 aliphatic carbocycles. The summed E-state index contributed by atoms with van der Waals surface area (Å²) in [6.45, 7) is 2.32. The van der Waals surface area contributed by atoms with Gasteiger partial charge in [-0.3, -0.25) is 9.20 Å². The molecule has 0 atom stereocenters. The van der Waals surface area contributed by atoms with Crippen molar-refractivity contribution in [3.8, 4) is 11.8 Å². The van der Waals surface area contributed by atoms with Gasteiger partial charge in [0, 0.05) is 11.6 Å². The number of nitrogens with one attached hydrogen (secondary N) is 1. The Kier molecular flexibility index (Phi) is 5.03. The molecule has 1 amide bonds. The van der Waals surface area contributed by atoms with Crippen LogP contribution < -0.4 is 10.1 Å². The third-order valence-corrected chi connectivity index (χ3v) is 4.37. The maximum Gasteiger partial charge on any atom is 0.266 e. The van der Waals surface area contributed by atoms with E-state index in [4.69, 9.17) is 16.3 Å². The fourth-order valence-corrected chi connectivity index (χ4v) is 3.23. The highest BCUT2D eigenvalue weighted by Crippen LogP contribution is 2.26. The zero-order chi connectivity index (χ0) is 17.8. The molecular weight excluding hydrogens is 360 g/mol. The molecule has 0 aliphatic rings. The smallest absolute Gasteiger partial charge is 0.266 e. The zero-order valence-corrected chi connectivity index (χ0v) is 14.8. The maximum atomic E-state index is 12.5. The monoisotopic (exact) mass is 372 g/mol. The van der Waals surface area contributed by atoms with Crippen LogP contribution in [-0.4, -0.2) is 21.9 Å². The Balaban J connectivity index is 1.91. The molecule has 3 aromatic rings. The van der Waals surface area contributed by atoms with Gasteiger partial charge in [0.2, 0.25) is 0 Å². The Morgan fingerprint density at radius 2 is 2.32 bits per heavy atom. The predicted molar refractivity (Wildman–Crippen MR) is 97.9 cm³/mol. The number of aromatic nitrogens is 2. The normalized spacial score (nSPS) is 11.3. The van der Waals surface area contributed by atoms with Crippen molar-refractivity contribution >= 4 is 45.6 Å². The van der Waals surface area contributed by atoms with Gasteiger partial charge < -0.3 is 10.1 Å². The largest absolute Gasteiger partial charge is 0.492 e. The van der Waals surface area contributed by atoms with Gasteiger partial charge >= 0.3 is 0 Å². The van der Waals surface area contributed by atoms with E-state index in [1.54, 1.807) is 34.9 Å². The highest BCUT2D eigenvalue weighted by molar-refractivity contribution is 7.15. The van der Waals surface area contributed by atoms with Gasteiger partial charge in [0.25, 0.3) is 5.91 Å². The SMILES string of the molecule is CCOc1ccccc1NC(=O)/C(C#N)=C/c1c(Cl)nc2sccn12. The maximum absolute atomic E-state index is 12.5. The van der Waals surface area contributed by atoms with Gasteiger partial charge in [0.15, 0.2) is 10.1 Å². The molecule has 2 aromatic heterocycles. The molecule has 6 nitrogen and oxygen atoms in total. The lowest BCUT2D eigenvalue weighted by molar-refractivity contribution is -0.112. The molecular formula is C17H13ClN4O2S. The molecule has 2 heterocycles. The Hall–Kier alpha value is -2.82. The van der Waals surface area contributed by atoms with E-state index in [0.717, 1.165) is 0 Å². The van der Waals surface area contributed by atoms with Crippen LogP contribution in [0.4, 0.5) is 5.69 Å². The van der Waals surface area contributed by atoms with Gasteiger partial charge in [-0.1, -0.05) is 23.7 Å². The van der Waals surface area contributed by atoms with E-state index in [1.165, 1.54) is 17.4 Å². The van der Waals surface area contributed by atoms with Crippen LogP contribution in [0.5, 0.6) is 5.75 Å². The number of nitrogens with zero attached hydrogens (tertiary/aromatic N) is 3. The number of fused-ring (bicyclic) bond motifs is 1. The van der Waals surface area contributed by atoms with Crippen LogP contribution in [-0.2, 0) is 4.79 Å². The van der Waals surface area contributed by atoms with Crippen LogP contribution >= 0.6 is 22.9 Å². The molecule has 0 aliphatic heterocycles. The van der Waals surface area contributed by atoms with E-state index in [9.17, 15) is 10.1 Å². The first-order valence-corrected chi connectivity index (χ1v) is 8.65. The topological polar surface area (TPSA) is 79.4 Å². The number of carbonyl (C=O) groups excluding carboxylic acids is 1. The van der Waals surface area contributed by atoms with Gasteiger partial charge in [-0.2, -0.15) is 5.26 Å². The molecule has 1 aromatic carbocycles. The summed E-state index contributed by atoms with van der Waals surface area (Å²) in [6.07, 6.45) is 3.20. The number of halogens is 1. The van der Waals surface area contributed by atoms with Crippen molar-refractivity contribution in [2.24, 2.45) is 0 Å². The molecule has 0 radical (unpaired) electrons. The second kappa shape index (κ2) is 7.38. The van der Waals surface area contributed by atoms with Crippen molar-refractivity contribution in [3.63, 3.8) is 0 Å². The number of carbonyl (C=O) groups is 1. The van der Waals surface area contributed by atoms with Crippen LogP contribution in [0.1, 0.15) is 12.6 Å². The quantitative estimate of drug-likeness (QED) is 0.542. The van der Waals surface area contributed by atoms with Crippen LogP contribution in [0.2, 0.25) is 5.15 Å². The lowest BCUT2D eigenvalue weighted by Crippen LogP contribution is -2.14. The summed E-state index contributed by atoms with van der Waals surface area (Å²) in [5.74, 6) is -0.00542. The van der Waals surface area contributed by atoms with Crippen LogP contribution in [0.3, 0.4) is 0 Å². The Bertz CT molecular complexity index is 1000. The molecule has 0 bridgehead atoms. The molecule has 8 heteroatoms. The average molecular weight is 373 g/mol. The summed E-state index contributed by atoms with van der Waals surface area (Å²) in [5.41, 5.74) is 0.902. The summed E-state index contributed by atoms with van der Waals surface area (Å²) in [6, 6.07) is 8.95. The number of ether oxygens (including phenoxy) is 1. The van der Waals surface area contributed by atoms with Gasteiger partial charge in [0.05, 0.1) is 18.0 Å². The minimum Gasteiger partial charge on any atom is -0.492 e. The summed E-state index contributed by atoms with van der Waals surface area (Å²) < 4.78 is 7.20. The van der Waals surface area contributed by atoms with Crippen molar-refractivity contribution in [1.29, 1.82) is 5.26 Å². The van der Waals surface area contributed by atoms with Crippen molar-refractivity contribution in [2.75, 3.05) is 11.9 Å². The fraction of sp³-hybridized carbons (Fsp3) is 0.118. The van der Waals surface area contributed by atoms with E-state index >= 15 is 0 Å². The fourth-order valence-electron chi connectivity index (χ4n) is 2.23. The number of para-hydroxylation sites is 2.